The molecule has 1 N–H and O–H groups in total. The van der Waals surface area contributed by atoms with Crippen LogP contribution in [0.5, 0.6) is 0 Å². The maximum absolute atomic E-state index is 8.63. The van der Waals surface area contributed by atoms with E-state index in [4.69, 9.17) is 10.4 Å². The Hall–Kier alpha value is -1.33. The predicted molar refractivity (Wildman–Crippen MR) is 41.9 cm³/mol. The molecule has 1 aromatic rings. The van der Waals surface area contributed by atoms with Gasteiger partial charge < -0.3 is 5.11 Å². The Bertz CT molecular complexity index is 275. The van der Waals surface area contributed by atoms with E-state index < -0.39 is 0 Å². The van der Waals surface area contributed by atoms with Gasteiger partial charge in [0, 0.05) is 6.61 Å². The first kappa shape index (κ1) is 7.77. The lowest BCUT2D eigenvalue weighted by molar-refractivity contribution is 0.299. The van der Waals surface area contributed by atoms with Gasteiger partial charge in [0.15, 0.2) is 0 Å². The van der Waals surface area contributed by atoms with E-state index in [-0.39, 0.29) is 6.61 Å². The minimum Gasteiger partial charge on any atom is -0.396 e. The quantitative estimate of drug-likeness (QED) is 0.680. The minimum absolute atomic E-state index is 0.0959. The third-order valence-electron chi connectivity index (χ3n) is 1.52. The smallest absolute Gasteiger partial charge is 0.0994 e. The molecule has 0 atom stereocenters. The molecule has 56 valence electrons. The zero-order valence-electron chi connectivity index (χ0n) is 6.12. The second-order valence-corrected chi connectivity index (χ2v) is 2.24. The first-order valence-electron chi connectivity index (χ1n) is 3.47. The van der Waals surface area contributed by atoms with Gasteiger partial charge in [-0.3, -0.25) is 0 Å². The van der Waals surface area contributed by atoms with Crippen LogP contribution in [0.3, 0.4) is 0 Å². The summed E-state index contributed by atoms with van der Waals surface area (Å²) in [7, 11) is 0. The van der Waals surface area contributed by atoms with Gasteiger partial charge in [-0.2, -0.15) is 5.26 Å². The van der Waals surface area contributed by atoms with E-state index in [1.54, 1.807) is 6.07 Å². The van der Waals surface area contributed by atoms with E-state index in [1.807, 2.05) is 18.2 Å². The summed E-state index contributed by atoms with van der Waals surface area (Å²) in [5.41, 5.74) is 1.57. The van der Waals surface area contributed by atoms with Crippen LogP contribution in [0.25, 0.3) is 0 Å². The average Bonchev–Trinajstić information content (AvgIpc) is 2.06. The fourth-order valence-corrected chi connectivity index (χ4v) is 0.968. The molecule has 0 saturated heterocycles. The Kier molecular flexibility index (Phi) is 2.65. The highest BCUT2D eigenvalue weighted by molar-refractivity contribution is 5.37. The molecule has 2 nitrogen and oxygen atoms in total. The third-order valence-corrected chi connectivity index (χ3v) is 1.52. The highest BCUT2D eigenvalue weighted by atomic mass is 16.2. The normalized spacial score (nSPS) is 9.09. The highest BCUT2D eigenvalue weighted by Crippen LogP contribution is 2.06. The zero-order valence-corrected chi connectivity index (χ0v) is 6.12. The molecule has 0 aliphatic rings. The number of nitriles is 1. The minimum atomic E-state index is 0.0959. The first-order chi connectivity index (χ1) is 5.38. The standard InChI is InChI=1S/C9H9NO/c10-7-9-4-2-1-3-8(9)5-6-11/h1-4,11H,5-6H2. The number of hydrogen-bond donors (Lipinski definition) is 1. The van der Waals surface area contributed by atoms with Crippen LogP contribution in [0.15, 0.2) is 24.3 Å². The molecular formula is C9H9NO. The maximum atomic E-state index is 8.63. The first-order valence-corrected chi connectivity index (χ1v) is 3.47. The lowest BCUT2D eigenvalue weighted by Crippen LogP contribution is -1.93. The molecule has 0 aromatic heterocycles. The van der Waals surface area contributed by atoms with Crippen molar-refractivity contribution < 1.29 is 5.11 Å². The Morgan fingerprint density at radius 2 is 2.09 bits per heavy atom. The largest absolute Gasteiger partial charge is 0.396 e. The van der Waals surface area contributed by atoms with Crippen molar-refractivity contribution in [1.29, 1.82) is 5.26 Å². The van der Waals surface area contributed by atoms with Gasteiger partial charge in [-0.1, -0.05) is 18.2 Å². The Morgan fingerprint density at radius 3 is 2.73 bits per heavy atom. The van der Waals surface area contributed by atoms with Crippen LogP contribution in [0.4, 0.5) is 0 Å². The van der Waals surface area contributed by atoms with Crippen LogP contribution in [0.2, 0.25) is 0 Å². The number of hydrogen-bond acceptors (Lipinski definition) is 2. The summed E-state index contributed by atoms with van der Waals surface area (Å²) < 4.78 is 0. The monoisotopic (exact) mass is 147 g/mol. The molecule has 0 radical (unpaired) electrons. The van der Waals surface area contributed by atoms with Crippen LogP contribution in [-0.2, 0) is 6.42 Å². The third kappa shape index (κ3) is 1.79. The van der Waals surface area contributed by atoms with Gasteiger partial charge in [-0.05, 0) is 18.1 Å². The van der Waals surface area contributed by atoms with Gasteiger partial charge in [0.25, 0.3) is 0 Å². The van der Waals surface area contributed by atoms with Gasteiger partial charge in [0.2, 0.25) is 0 Å². The summed E-state index contributed by atoms with van der Waals surface area (Å²) in [5.74, 6) is 0. The van der Waals surface area contributed by atoms with Crippen LogP contribution < -0.4 is 0 Å². The topological polar surface area (TPSA) is 44.0 Å². The summed E-state index contributed by atoms with van der Waals surface area (Å²) in [4.78, 5) is 0. The lowest BCUT2D eigenvalue weighted by atomic mass is 10.1. The van der Waals surface area contributed by atoms with Gasteiger partial charge >= 0.3 is 0 Å². The fraction of sp³-hybridized carbons (Fsp3) is 0.222. The van der Waals surface area contributed by atoms with Crippen molar-refractivity contribution in [3.63, 3.8) is 0 Å². The van der Waals surface area contributed by atoms with E-state index in [1.165, 1.54) is 0 Å². The molecular weight excluding hydrogens is 138 g/mol. The molecule has 1 aromatic carbocycles. The van der Waals surface area contributed by atoms with Crippen molar-refractivity contribution in [3.05, 3.63) is 35.4 Å². The summed E-state index contributed by atoms with van der Waals surface area (Å²) in [6, 6.07) is 9.37. The van der Waals surface area contributed by atoms with Crippen molar-refractivity contribution in [1.82, 2.24) is 0 Å². The Balaban J connectivity index is 2.95. The van der Waals surface area contributed by atoms with Crippen molar-refractivity contribution in [2.45, 2.75) is 6.42 Å². The van der Waals surface area contributed by atoms with Crippen LogP contribution in [-0.4, -0.2) is 11.7 Å². The number of benzene rings is 1. The van der Waals surface area contributed by atoms with Crippen molar-refractivity contribution in [3.8, 4) is 6.07 Å². The Labute approximate surface area is 65.7 Å². The molecule has 11 heavy (non-hydrogen) atoms. The molecule has 1 rings (SSSR count). The summed E-state index contributed by atoms with van der Waals surface area (Å²) >= 11 is 0. The van der Waals surface area contributed by atoms with Gasteiger partial charge in [-0.25, -0.2) is 0 Å². The average molecular weight is 147 g/mol. The molecule has 0 aliphatic heterocycles. The molecule has 0 heterocycles. The number of nitrogens with zero attached hydrogens (tertiary/aromatic N) is 1. The highest BCUT2D eigenvalue weighted by Gasteiger charge is 1.97. The van der Waals surface area contributed by atoms with Gasteiger partial charge in [0.05, 0.1) is 11.6 Å². The molecule has 0 spiro atoms. The van der Waals surface area contributed by atoms with Crippen molar-refractivity contribution in [2.75, 3.05) is 6.61 Å². The van der Waals surface area contributed by atoms with E-state index >= 15 is 0 Å². The molecule has 0 saturated carbocycles. The summed E-state index contributed by atoms with van der Waals surface area (Å²) in [6.45, 7) is 0.0959. The van der Waals surface area contributed by atoms with Gasteiger partial charge in [0.1, 0.15) is 0 Å². The predicted octanol–water partition coefficient (Wildman–Crippen LogP) is 1.09. The fourth-order valence-electron chi connectivity index (χ4n) is 0.968. The molecule has 0 unspecified atom stereocenters. The number of rotatable bonds is 2. The SMILES string of the molecule is N#Cc1ccccc1CCO. The van der Waals surface area contributed by atoms with Crippen molar-refractivity contribution in [2.24, 2.45) is 0 Å². The van der Waals surface area contributed by atoms with Crippen molar-refractivity contribution >= 4 is 0 Å². The number of aliphatic hydroxyl groups is 1. The van der Waals surface area contributed by atoms with Crippen LogP contribution >= 0.6 is 0 Å². The molecule has 0 bridgehead atoms. The molecule has 0 amide bonds. The van der Waals surface area contributed by atoms with E-state index in [0.29, 0.717) is 12.0 Å². The van der Waals surface area contributed by atoms with E-state index in [9.17, 15) is 0 Å². The lowest BCUT2D eigenvalue weighted by Gasteiger charge is -1.98. The number of aliphatic hydroxyl groups excluding tert-OH is 1. The molecule has 0 fully saturated rings. The summed E-state index contributed by atoms with van der Waals surface area (Å²) in [6.07, 6.45) is 0.559. The second-order valence-electron chi connectivity index (χ2n) is 2.24. The Morgan fingerprint density at radius 1 is 1.36 bits per heavy atom. The van der Waals surface area contributed by atoms with Crippen LogP contribution in [0.1, 0.15) is 11.1 Å². The van der Waals surface area contributed by atoms with E-state index in [2.05, 4.69) is 6.07 Å². The van der Waals surface area contributed by atoms with E-state index in [0.717, 1.165) is 5.56 Å². The van der Waals surface area contributed by atoms with Crippen LogP contribution in [0, 0.1) is 11.3 Å². The molecule has 2 heteroatoms. The van der Waals surface area contributed by atoms with Gasteiger partial charge in [-0.15, -0.1) is 0 Å². The maximum Gasteiger partial charge on any atom is 0.0994 e. The zero-order chi connectivity index (χ0) is 8.10. The second kappa shape index (κ2) is 3.75. The molecule has 0 aliphatic carbocycles. The summed E-state index contributed by atoms with van der Waals surface area (Å²) in [5, 5.41) is 17.2.